The van der Waals surface area contributed by atoms with Gasteiger partial charge in [-0.3, -0.25) is 4.79 Å². The molecule has 2 aromatic carbocycles. The summed E-state index contributed by atoms with van der Waals surface area (Å²) in [5.74, 6) is 0.657. The zero-order chi connectivity index (χ0) is 25.8. The first kappa shape index (κ1) is 27.3. The average Bonchev–Trinajstić information content (AvgIpc) is 2.89. The lowest BCUT2D eigenvalue weighted by atomic mass is 9.80. The highest BCUT2D eigenvalue weighted by molar-refractivity contribution is 5.87. The highest BCUT2D eigenvalue weighted by Crippen LogP contribution is 2.33. The van der Waals surface area contributed by atoms with Gasteiger partial charge in [0.25, 0.3) is 0 Å². The van der Waals surface area contributed by atoms with Crippen LogP contribution >= 0.6 is 0 Å². The Balaban J connectivity index is 1.38. The van der Waals surface area contributed by atoms with Crippen molar-refractivity contribution in [1.82, 2.24) is 0 Å². The molecule has 3 rings (SSSR count). The summed E-state index contributed by atoms with van der Waals surface area (Å²) in [5, 5.41) is 0. The lowest BCUT2D eigenvalue weighted by Crippen LogP contribution is -2.25. The quantitative estimate of drug-likeness (QED) is 0.113. The molecule has 0 unspecified atom stereocenters. The van der Waals surface area contributed by atoms with E-state index in [4.69, 9.17) is 20.9 Å². The predicted octanol–water partition coefficient (Wildman–Crippen LogP) is 6.68. The van der Waals surface area contributed by atoms with Gasteiger partial charge >= 0.3 is 11.9 Å². The van der Waals surface area contributed by atoms with Gasteiger partial charge in [0.15, 0.2) is 0 Å². The Morgan fingerprint density at radius 2 is 1.67 bits per heavy atom. The van der Waals surface area contributed by atoms with Gasteiger partial charge in [-0.05, 0) is 73.6 Å². The molecule has 0 radical (unpaired) electrons. The molecule has 0 atom stereocenters. The van der Waals surface area contributed by atoms with Gasteiger partial charge in [0, 0.05) is 23.0 Å². The van der Waals surface area contributed by atoms with Gasteiger partial charge in [0.1, 0.15) is 12.4 Å². The van der Waals surface area contributed by atoms with Gasteiger partial charge in [-0.2, -0.15) is 0 Å². The van der Waals surface area contributed by atoms with Crippen LogP contribution in [0.2, 0.25) is 0 Å². The molecular weight excluding hydrogens is 452 g/mol. The van der Waals surface area contributed by atoms with Crippen LogP contribution in [0.3, 0.4) is 0 Å². The number of carbonyl (C=O) groups is 2. The number of nitrogens with two attached hydrogens (primary N) is 2. The minimum absolute atomic E-state index is 0.00955. The fraction of sp³-hybridized carbons (Fsp3) is 0.467. The molecule has 194 valence electrons. The van der Waals surface area contributed by atoms with Crippen LogP contribution in [0.1, 0.15) is 82.3 Å². The Bertz CT molecular complexity index is 1010. The largest absolute Gasteiger partial charge is 0.458 e. The van der Waals surface area contributed by atoms with Crippen molar-refractivity contribution in [3.05, 3.63) is 59.7 Å². The number of hydrogen-bond donors (Lipinski definition) is 2. The smallest absolute Gasteiger partial charge is 0.331 e. The normalized spacial score (nSPS) is 17.7. The summed E-state index contributed by atoms with van der Waals surface area (Å²) in [7, 11) is 0. The van der Waals surface area contributed by atoms with E-state index in [0.717, 1.165) is 37.2 Å². The first-order valence-corrected chi connectivity index (χ1v) is 13.2. The average molecular weight is 493 g/mol. The summed E-state index contributed by atoms with van der Waals surface area (Å²) in [5.41, 5.74) is 14.2. The van der Waals surface area contributed by atoms with Gasteiger partial charge < -0.3 is 20.9 Å². The van der Waals surface area contributed by atoms with Crippen molar-refractivity contribution in [1.29, 1.82) is 0 Å². The highest BCUT2D eigenvalue weighted by atomic mass is 16.5. The van der Waals surface area contributed by atoms with Crippen LogP contribution in [0, 0.1) is 11.8 Å². The maximum atomic E-state index is 12.6. The van der Waals surface area contributed by atoms with Crippen molar-refractivity contribution in [2.75, 3.05) is 11.5 Å². The van der Waals surface area contributed by atoms with Crippen LogP contribution in [0.4, 0.5) is 11.4 Å². The van der Waals surface area contributed by atoms with E-state index in [9.17, 15) is 9.59 Å². The number of hydrogen-bond acceptors (Lipinski definition) is 6. The van der Waals surface area contributed by atoms with Crippen LogP contribution in [0.5, 0.6) is 5.75 Å². The number of unbranched alkanes of at least 4 members (excludes halogenated alkanes) is 4. The van der Waals surface area contributed by atoms with Gasteiger partial charge in [-0.25, -0.2) is 4.79 Å². The molecular formula is C30H40N2O4. The Hall–Kier alpha value is -3.28. The molecule has 0 aliphatic heterocycles. The number of benzene rings is 2. The van der Waals surface area contributed by atoms with Crippen molar-refractivity contribution in [3.63, 3.8) is 0 Å². The molecule has 4 N–H and O–H groups in total. The molecule has 1 aliphatic rings. The molecule has 0 saturated heterocycles. The molecule has 1 saturated carbocycles. The zero-order valence-electron chi connectivity index (χ0n) is 21.4. The number of ether oxygens (including phenoxy) is 2. The molecule has 0 heterocycles. The molecule has 1 fully saturated rings. The van der Waals surface area contributed by atoms with Crippen molar-refractivity contribution < 1.29 is 19.1 Å². The van der Waals surface area contributed by atoms with Gasteiger partial charge in [0.2, 0.25) is 0 Å². The topological polar surface area (TPSA) is 105 Å². The van der Waals surface area contributed by atoms with Gasteiger partial charge in [-0.1, -0.05) is 57.6 Å². The van der Waals surface area contributed by atoms with Crippen LogP contribution < -0.4 is 16.2 Å². The maximum absolute atomic E-state index is 12.6. The molecule has 2 aromatic rings. The minimum atomic E-state index is -0.483. The predicted molar refractivity (Wildman–Crippen MR) is 145 cm³/mol. The fourth-order valence-corrected chi connectivity index (χ4v) is 4.68. The summed E-state index contributed by atoms with van der Waals surface area (Å²) in [6.45, 7) is 2.29. The summed E-state index contributed by atoms with van der Waals surface area (Å²) in [4.78, 5) is 24.7. The fourth-order valence-electron chi connectivity index (χ4n) is 4.68. The van der Waals surface area contributed by atoms with Crippen molar-refractivity contribution in [3.8, 4) is 5.75 Å². The first-order valence-electron chi connectivity index (χ1n) is 13.2. The lowest BCUT2D eigenvalue weighted by Gasteiger charge is -2.27. The number of rotatable bonds is 12. The SMILES string of the molecule is CCCCCCCC1CCC(C(=O)Oc2ccc(C=CC(=O)OCc3cc(N)ccc3N)cc2)CC1. The Morgan fingerprint density at radius 3 is 2.39 bits per heavy atom. The van der Waals surface area contributed by atoms with E-state index < -0.39 is 5.97 Å². The summed E-state index contributed by atoms with van der Waals surface area (Å²) >= 11 is 0. The third-order valence-corrected chi connectivity index (χ3v) is 6.94. The standard InChI is InChI=1S/C30H40N2O4/c1-2-3-4-5-6-7-22-8-13-24(14-9-22)30(34)36-27-16-10-23(11-17-27)12-19-29(33)35-21-25-20-26(31)15-18-28(25)32/h10-12,15-20,22,24H,2-9,13-14,21,31-32H2,1H3. The third kappa shape index (κ3) is 9.06. The van der Waals surface area contributed by atoms with E-state index in [1.807, 2.05) is 0 Å². The maximum Gasteiger partial charge on any atom is 0.331 e. The van der Waals surface area contributed by atoms with E-state index in [0.29, 0.717) is 22.7 Å². The number of nitrogen functional groups attached to an aromatic ring is 2. The van der Waals surface area contributed by atoms with Crippen molar-refractivity contribution >= 4 is 29.4 Å². The summed E-state index contributed by atoms with van der Waals surface area (Å²) in [6.07, 6.45) is 15.0. The second-order valence-electron chi connectivity index (χ2n) is 9.81. The van der Waals surface area contributed by atoms with E-state index in [1.165, 1.54) is 44.6 Å². The summed E-state index contributed by atoms with van der Waals surface area (Å²) < 4.78 is 10.9. The van der Waals surface area contributed by atoms with E-state index >= 15 is 0 Å². The van der Waals surface area contributed by atoms with Crippen molar-refractivity contribution in [2.45, 2.75) is 77.7 Å². The minimum Gasteiger partial charge on any atom is -0.458 e. The lowest BCUT2D eigenvalue weighted by molar-refractivity contribution is -0.140. The van der Waals surface area contributed by atoms with E-state index in [-0.39, 0.29) is 18.5 Å². The molecule has 0 aromatic heterocycles. The van der Waals surface area contributed by atoms with Crippen molar-refractivity contribution in [2.24, 2.45) is 11.8 Å². The highest BCUT2D eigenvalue weighted by Gasteiger charge is 2.27. The van der Waals surface area contributed by atoms with Gasteiger partial charge in [0.05, 0.1) is 5.92 Å². The molecule has 36 heavy (non-hydrogen) atoms. The van der Waals surface area contributed by atoms with Crippen LogP contribution in [-0.2, 0) is 20.9 Å². The molecule has 6 heteroatoms. The van der Waals surface area contributed by atoms with Gasteiger partial charge in [-0.15, -0.1) is 0 Å². The molecule has 1 aliphatic carbocycles. The third-order valence-electron chi connectivity index (χ3n) is 6.94. The zero-order valence-corrected chi connectivity index (χ0v) is 21.4. The van der Waals surface area contributed by atoms with E-state index in [1.54, 1.807) is 48.5 Å². The second kappa shape index (κ2) is 14.3. The molecule has 0 amide bonds. The molecule has 6 nitrogen and oxygen atoms in total. The Labute approximate surface area is 215 Å². The first-order chi connectivity index (χ1) is 17.4. The van der Waals surface area contributed by atoms with Crippen LogP contribution in [0.25, 0.3) is 6.08 Å². The van der Waals surface area contributed by atoms with Crippen LogP contribution in [-0.4, -0.2) is 11.9 Å². The molecule has 0 bridgehead atoms. The number of esters is 2. The monoisotopic (exact) mass is 492 g/mol. The number of carbonyl (C=O) groups excluding carboxylic acids is 2. The Morgan fingerprint density at radius 1 is 0.944 bits per heavy atom. The second-order valence-corrected chi connectivity index (χ2v) is 9.81. The number of anilines is 2. The van der Waals surface area contributed by atoms with Crippen LogP contribution in [0.15, 0.2) is 48.5 Å². The molecule has 0 spiro atoms. The Kier molecular flexibility index (Phi) is 10.9. The summed E-state index contributed by atoms with van der Waals surface area (Å²) in [6, 6.07) is 12.2. The van der Waals surface area contributed by atoms with E-state index in [2.05, 4.69) is 6.92 Å².